The van der Waals surface area contributed by atoms with Crippen molar-refractivity contribution in [3.8, 4) is 46.8 Å². The molecule has 6 N–H and O–H groups in total. The summed E-state index contributed by atoms with van der Waals surface area (Å²) >= 11 is 3.50. The van der Waals surface area contributed by atoms with E-state index in [1.54, 1.807) is 12.4 Å². The molecule has 0 amide bonds. The first-order valence-electron chi connectivity index (χ1n) is 21.3. The summed E-state index contributed by atoms with van der Waals surface area (Å²) in [6, 6.07) is 24.5. The van der Waals surface area contributed by atoms with Gasteiger partial charge < -0.3 is 30.9 Å². The molecule has 0 aliphatic heterocycles. The van der Waals surface area contributed by atoms with E-state index < -0.39 is 31.1 Å². The molecule has 2 heterocycles. The number of carbonyl (C=O) groups is 2. The van der Waals surface area contributed by atoms with Crippen LogP contribution in [0.15, 0.2) is 89.7 Å². The Labute approximate surface area is 382 Å². The average Bonchev–Trinajstić information content (AvgIpc) is 3.91. The number of halogens is 1. The Morgan fingerprint density at radius 2 is 1.08 bits per heavy atom. The van der Waals surface area contributed by atoms with E-state index in [9.17, 15) is 9.59 Å². The molecular weight excluding hydrogens is 869 g/mol. The molecule has 4 aromatic carbocycles. The van der Waals surface area contributed by atoms with Crippen LogP contribution in [0, 0.1) is 24.3 Å². The lowest BCUT2D eigenvalue weighted by Gasteiger charge is -2.23. The number of esters is 2. The van der Waals surface area contributed by atoms with Crippen LogP contribution in [0.1, 0.15) is 96.3 Å². The van der Waals surface area contributed by atoms with Crippen molar-refractivity contribution >= 4 is 57.5 Å². The number of terminal acetylenes is 2. The molecule has 6 aromatic rings. The summed E-state index contributed by atoms with van der Waals surface area (Å²) in [5, 5.41) is 4.47. The number of fused-ring (bicyclic) bond motifs is 2. The first kappa shape index (κ1) is 50.1. The molecule has 2 atom stereocenters. The molecular formula is C51H63BrN6O4Si. The molecule has 0 aliphatic carbocycles. The van der Waals surface area contributed by atoms with Crippen molar-refractivity contribution in [2.75, 3.05) is 13.1 Å². The Balaban J connectivity index is 0.000000245. The summed E-state index contributed by atoms with van der Waals surface area (Å²) in [4.78, 5) is 41.0. The van der Waals surface area contributed by atoms with E-state index in [4.69, 9.17) is 33.8 Å². The van der Waals surface area contributed by atoms with Gasteiger partial charge in [-0.15, -0.1) is 18.4 Å². The maximum atomic E-state index is 12.7. The van der Waals surface area contributed by atoms with E-state index in [1.807, 2.05) is 77.9 Å². The van der Waals surface area contributed by atoms with Crippen LogP contribution in [0.25, 0.3) is 44.1 Å². The zero-order valence-corrected chi connectivity index (χ0v) is 40.8. The normalized spacial score (nSPS) is 12.5. The van der Waals surface area contributed by atoms with Crippen LogP contribution in [0.2, 0.25) is 19.6 Å². The minimum atomic E-state index is -1.10. The quantitative estimate of drug-likeness (QED) is 0.0536. The van der Waals surface area contributed by atoms with Gasteiger partial charge in [0.1, 0.15) is 42.8 Å². The summed E-state index contributed by atoms with van der Waals surface area (Å²) in [7, 11) is -1.10. The molecule has 12 heteroatoms. The number of hydrogen-bond acceptors (Lipinski definition) is 8. The molecule has 332 valence electrons. The van der Waals surface area contributed by atoms with E-state index in [2.05, 4.69) is 103 Å². The highest BCUT2D eigenvalue weighted by Crippen LogP contribution is 2.30. The van der Waals surface area contributed by atoms with Crippen molar-refractivity contribution in [1.29, 1.82) is 0 Å². The van der Waals surface area contributed by atoms with Gasteiger partial charge in [-0.05, 0) is 138 Å². The number of H-pyrrole nitrogens is 2. The van der Waals surface area contributed by atoms with E-state index >= 15 is 0 Å². The molecule has 0 unspecified atom stereocenters. The van der Waals surface area contributed by atoms with Crippen LogP contribution in [-0.4, -0.2) is 64.2 Å². The van der Waals surface area contributed by atoms with Crippen LogP contribution in [0.5, 0.6) is 0 Å². The number of nitrogens with one attached hydrogen (secondary N) is 2. The Morgan fingerprint density at radius 3 is 1.48 bits per heavy atom. The van der Waals surface area contributed by atoms with Gasteiger partial charge in [-0.2, -0.15) is 0 Å². The molecule has 2 aromatic heterocycles. The number of carbonyl (C=O) groups excluding carboxylic acids is 2. The number of hydrogen-bond donors (Lipinski definition) is 4. The van der Waals surface area contributed by atoms with Crippen molar-refractivity contribution in [3.05, 3.63) is 107 Å². The summed E-state index contributed by atoms with van der Waals surface area (Å²) < 4.78 is 12.2. The second kappa shape index (κ2) is 22.2. The predicted octanol–water partition coefficient (Wildman–Crippen LogP) is 11.0. The van der Waals surface area contributed by atoms with Gasteiger partial charge in [0.25, 0.3) is 0 Å². The molecule has 0 saturated carbocycles. The van der Waals surface area contributed by atoms with E-state index in [1.165, 1.54) is 0 Å². The second-order valence-corrected chi connectivity index (χ2v) is 24.1. The van der Waals surface area contributed by atoms with Gasteiger partial charge in [0, 0.05) is 21.2 Å². The van der Waals surface area contributed by atoms with Crippen LogP contribution >= 0.6 is 15.9 Å². The average molecular weight is 932 g/mol. The summed E-state index contributed by atoms with van der Waals surface area (Å²) in [5.41, 5.74) is 17.6. The minimum Gasteiger partial charge on any atom is -0.459 e. The first-order valence-corrected chi connectivity index (χ1v) is 25.6. The lowest BCUT2D eigenvalue weighted by Crippen LogP contribution is -2.28. The predicted molar refractivity (Wildman–Crippen MR) is 265 cm³/mol. The third-order valence-electron chi connectivity index (χ3n) is 9.49. The van der Waals surface area contributed by atoms with Crippen LogP contribution in [0.3, 0.4) is 0 Å². The van der Waals surface area contributed by atoms with Gasteiger partial charge in [0.2, 0.25) is 0 Å². The molecule has 0 aliphatic rings. The molecule has 0 fully saturated rings. The number of benzene rings is 4. The molecule has 10 nitrogen and oxygen atoms in total. The van der Waals surface area contributed by atoms with Crippen molar-refractivity contribution in [3.63, 3.8) is 0 Å². The molecule has 0 spiro atoms. The third kappa shape index (κ3) is 15.7. The number of ether oxygens (including phenoxy) is 2. The third-order valence-corrected chi connectivity index (χ3v) is 10.9. The van der Waals surface area contributed by atoms with E-state index in [-0.39, 0.29) is 11.9 Å². The Bertz CT molecular complexity index is 2560. The molecule has 63 heavy (non-hydrogen) atoms. The van der Waals surface area contributed by atoms with Crippen molar-refractivity contribution in [1.82, 2.24) is 19.9 Å². The lowest BCUT2D eigenvalue weighted by atomic mass is 10.0. The van der Waals surface area contributed by atoms with Crippen LogP contribution in [-0.2, 0) is 19.1 Å². The van der Waals surface area contributed by atoms with Gasteiger partial charge in [0.05, 0.1) is 23.8 Å². The lowest BCUT2D eigenvalue weighted by molar-refractivity contribution is -0.158. The number of aromatic nitrogens is 4. The molecule has 0 radical (unpaired) electrons. The molecule has 6 rings (SSSR count). The van der Waals surface area contributed by atoms with E-state index in [0.717, 1.165) is 60.5 Å². The van der Waals surface area contributed by atoms with Crippen LogP contribution in [0.4, 0.5) is 0 Å². The number of nitrogens with two attached hydrogens (primary N) is 2. The zero-order valence-electron chi connectivity index (χ0n) is 38.2. The van der Waals surface area contributed by atoms with Crippen LogP contribution < -0.4 is 11.5 Å². The summed E-state index contributed by atoms with van der Waals surface area (Å²) in [6.07, 6.45) is 16.8. The summed E-state index contributed by atoms with van der Waals surface area (Å²) in [5.74, 6) is 2.40. The highest BCUT2D eigenvalue weighted by molar-refractivity contribution is 9.10. The first-order chi connectivity index (χ1) is 29.6. The van der Waals surface area contributed by atoms with Gasteiger partial charge in [-0.25, -0.2) is 9.97 Å². The minimum absolute atomic E-state index is 0.273. The van der Waals surface area contributed by atoms with E-state index in [0.29, 0.717) is 44.0 Å². The number of aromatic amines is 2. The Hall–Kier alpha value is -5.50. The zero-order chi connectivity index (χ0) is 46.5. The SMILES string of the molecule is C#C[Si](C)(C)C.C#Cc1ccc2cc(-c3cnc([C@H](CCCN)C(=O)OC(C)(C)C)[nH]3)ccc2c1.CC(C)(C)OC(=O)[C@@H](CCCN)c1ncc(-c2ccc3cc(Br)ccc3c2)[nH]1. The monoisotopic (exact) mass is 930 g/mol. The highest BCUT2D eigenvalue weighted by Gasteiger charge is 2.30. The summed E-state index contributed by atoms with van der Waals surface area (Å²) in [6.45, 7) is 18.7. The van der Waals surface area contributed by atoms with Crippen molar-refractivity contribution in [2.45, 2.75) is 110 Å². The fourth-order valence-electron chi connectivity index (χ4n) is 6.33. The fraction of sp³-hybridized carbons (Fsp3) is 0.373. The van der Waals surface area contributed by atoms with Crippen molar-refractivity contribution < 1.29 is 19.1 Å². The van der Waals surface area contributed by atoms with Crippen molar-refractivity contribution in [2.24, 2.45) is 11.5 Å². The van der Waals surface area contributed by atoms with Gasteiger partial charge in [-0.3, -0.25) is 9.59 Å². The Kier molecular flexibility index (Phi) is 17.7. The van der Waals surface area contributed by atoms with Gasteiger partial charge >= 0.3 is 11.9 Å². The topological polar surface area (TPSA) is 162 Å². The maximum absolute atomic E-state index is 12.7. The Morgan fingerprint density at radius 1 is 0.683 bits per heavy atom. The van der Waals surface area contributed by atoms with Gasteiger partial charge in [0.15, 0.2) is 0 Å². The fourth-order valence-corrected chi connectivity index (χ4v) is 6.71. The second-order valence-electron chi connectivity index (χ2n) is 18.4. The number of nitrogens with zero attached hydrogens (tertiary/aromatic N) is 2. The molecule has 0 saturated heterocycles. The largest absolute Gasteiger partial charge is 0.459 e. The number of imidazole rings is 2. The smallest absolute Gasteiger partial charge is 0.317 e. The standard InChI is InChI=1S/C24H27N3O2.C22H26BrN3O2.C5H10Si/c1-5-16-8-9-18-14-19(11-10-17(18)13-16)21-15-26-22(27-21)20(7-6-12-25)23(28)29-24(2,3)4;1-22(2,3)28-21(27)18(5-4-10-24)20-25-13-19(26-20)16-7-6-15-12-17(23)9-8-14(15)11-16;1-5-6(2,3)4/h1,8-11,13-15,20H,6-7,12,25H2,2-4H3,(H,26,27);6-9,11-13,18H,4-5,10,24H2,1-3H3,(H,25,26);1H,2-4H3/t20-;18-;/m00./s1. The molecule has 0 bridgehead atoms. The number of rotatable bonds is 12. The van der Waals surface area contributed by atoms with Gasteiger partial charge in [-0.1, -0.05) is 77.9 Å². The highest BCUT2D eigenvalue weighted by atomic mass is 79.9. The maximum Gasteiger partial charge on any atom is 0.317 e.